The summed E-state index contributed by atoms with van der Waals surface area (Å²) in [7, 11) is 2.19. The van der Waals surface area contributed by atoms with Gasteiger partial charge in [0.1, 0.15) is 5.82 Å². The molecule has 0 radical (unpaired) electrons. The maximum Gasteiger partial charge on any atom is 0.239 e. The molecule has 2 heterocycles. The van der Waals surface area contributed by atoms with E-state index in [4.69, 9.17) is 10.5 Å². The van der Waals surface area contributed by atoms with Crippen molar-refractivity contribution in [3.05, 3.63) is 12.1 Å². The van der Waals surface area contributed by atoms with Crippen molar-refractivity contribution in [2.75, 3.05) is 43.9 Å². The molecule has 1 aliphatic rings. The van der Waals surface area contributed by atoms with Crippen LogP contribution in [0, 0.1) is 0 Å². The average Bonchev–Trinajstić information content (AvgIpc) is 2.63. The molecule has 1 atom stereocenters. The van der Waals surface area contributed by atoms with Crippen molar-refractivity contribution in [2.24, 2.45) is 0 Å². The van der Waals surface area contributed by atoms with E-state index in [1.165, 1.54) is 0 Å². The average molecular weight is 278 g/mol. The number of hydrogen-bond acceptors (Lipinski definition) is 5. The Morgan fingerprint density at radius 2 is 2.15 bits per heavy atom. The Hall–Kier alpha value is -1.49. The lowest BCUT2D eigenvalue weighted by Gasteiger charge is -2.31. The molecule has 112 valence electrons. The van der Waals surface area contributed by atoms with Gasteiger partial charge in [-0.3, -0.25) is 0 Å². The number of nitrogens with two attached hydrogens (primary N) is 1. The molecule has 0 saturated carbocycles. The second-order valence-corrected chi connectivity index (χ2v) is 5.37. The van der Waals surface area contributed by atoms with Crippen molar-refractivity contribution < 1.29 is 4.74 Å². The Bertz CT molecular complexity index is 438. The van der Waals surface area contributed by atoms with Crippen molar-refractivity contribution in [1.82, 2.24) is 9.88 Å². The maximum absolute atomic E-state index is 5.91. The third-order valence-electron chi connectivity index (χ3n) is 3.82. The molecule has 0 amide bonds. The van der Waals surface area contributed by atoms with Crippen molar-refractivity contribution in [3.63, 3.8) is 0 Å². The van der Waals surface area contributed by atoms with Crippen molar-refractivity contribution in [3.8, 4) is 5.88 Å². The summed E-state index contributed by atoms with van der Waals surface area (Å²) < 4.78 is 5.52. The van der Waals surface area contributed by atoms with Crippen molar-refractivity contribution >= 4 is 11.5 Å². The summed E-state index contributed by atoms with van der Waals surface area (Å²) in [6, 6.07) is 4.40. The summed E-state index contributed by atoms with van der Waals surface area (Å²) in [5.41, 5.74) is 6.52. The highest BCUT2D eigenvalue weighted by atomic mass is 16.5. The molecule has 1 saturated heterocycles. The Kier molecular flexibility index (Phi) is 5.06. The van der Waals surface area contributed by atoms with Crippen LogP contribution in [0.1, 0.15) is 26.7 Å². The number of hydrogen-bond donors (Lipinski definition) is 1. The first-order chi connectivity index (χ1) is 9.65. The number of pyridine rings is 1. The standard InChI is InChI=1S/C15H26N4O/c1-4-12-11-18(3)9-6-10-19(12)14-8-7-13(16)15(17-14)20-5-2/h7-8,12H,4-6,9-11,16H2,1-3H3. The van der Waals surface area contributed by atoms with E-state index in [0.717, 1.165) is 38.3 Å². The van der Waals surface area contributed by atoms with Gasteiger partial charge >= 0.3 is 0 Å². The minimum Gasteiger partial charge on any atom is -0.476 e. The van der Waals surface area contributed by atoms with Crippen LogP contribution in [0.3, 0.4) is 0 Å². The number of anilines is 2. The van der Waals surface area contributed by atoms with Gasteiger partial charge in [0, 0.05) is 19.1 Å². The maximum atomic E-state index is 5.91. The molecule has 0 aliphatic carbocycles. The summed E-state index contributed by atoms with van der Waals surface area (Å²) in [5.74, 6) is 1.53. The van der Waals surface area contributed by atoms with Crippen LogP contribution in [-0.4, -0.2) is 49.2 Å². The molecule has 1 unspecified atom stereocenters. The predicted octanol–water partition coefficient (Wildman–Crippen LogP) is 1.98. The zero-order valence-electron chi connectivity index (χ0n) is 12.8. The van der Waals surface area contributed by atoms with E-state index in [1.54, 1.807) is 0 Å². The van der Waals surface area contributed by atoms with Crippen molar-refractivity contribution in [1.29, 1.82) is 0 Å². The molecule has 0 spiro atoms. The van der Waals surface area contributed by atoms with Gasteiger partial charge in [0.2, 0.25) is 5.88 Å². The molecule has 0 bridgehead atoms. The highest BCUT2D eigenvalue weighted by molar-refractivity contribution is 5.55. The summed E-state index contributed by atoms with van der Waals surface area (Å²) in [6.45, 7) is 8.01. The predicted molar refractivity (Wildman–Crippen MR) is 83.4 cm³/mol. The molecule has 20 heavy (non-hydrogen) atoms. The second-order valence-electron chi connectivity index (χ2n) is 5.37. The van der Waals surface area contributed by atoms with Crippen LogP contribution in [0.15, 0.2) is 12.1 Å². The largest absolute Gasteiger partial charge is 0.476 e. The van der Waals surface area contributed by atoms with E-state index >= 15 is 0 Å². The molecular weight excluding hydrogens is 252 g/mol. The molecule has 1 aromatic rings. The molecule has 0 aromatic carbocycles. The normalized spacial score (nSPS) is 20.8. The molecule has 1 fully saturated rings. The van der Waals surface area contributed by atoms with Gasteiger partial charge in [0.05, 0.1) is 12.3 Å². The first-order valence-electron chi connectivity index (χ1n) is 7.50. The topological polar surface area (TPSA) is 54.6 Å². The van der Waals surface area contributed by atoms with Gasteiger partial charge in [-0.1, -0.05) is 6.92 Å². The van der Waals surface area contributed by atoms with Gasteiger partial charge in [-0.05, 0) is 45.5 Å². The Labute approximate surface area is 121 Å². The van der Waals surface area contributed by atoms with E-state index in [9.17, 15) is 0 Å². The van der Waals surface area contributed by atoms with Crippen LogP contribution in [-0.2, 0) is 0 Å². The summed E-state index contributed by atoms with van der Waals surface area (Å²) in [4.78, 5) is 9.40. The number of ether oxygens (including phenoxy) is 1. The first-order valence-corrected chi connectivity index (χ1v) is 7.50. The van der Waals surface area contributed by atoms with Gasteiger partial charge in [0.15, 0.2) is 0 Å². The first kappa shape index (κ1) is 14.9. The van der Waals surface area contributed by atoms with Gasteiger partial charge in [-0.25, -0.2) is 0 Å². The third kappa shape index (κ3) is 3.33. The summed E-state index contributed by atoms with van der Waals surface area (Å²) >= 11 is 0. The quantitative estimate of drug-likeness (QED) is 0.912. The van der Waals surface area contributed by atoms with E-state index in [-0.39, 0.29) is 0 Å². The fourth-order valence-electron chi connectivity index (χ4n) is 2.75. The Morgan fingerprint density at radius 3 is 2.85 bits per heavy atom. The fraction of sp³-hybridized carbons (Fsp3) is 0.667. The Balaban J connectivity index is 2.25. The number of nitrogen functional groups attached to an aromatic ring is 1. The second kappa shape index (κ2) is 6.79. The molecule has 5 heteroatoms. The zero-order chi connectivity index (χ0) is 14.5. The van der Waals surface area contributed by atoms with Gasteiger partial charge < -0.3 is 20.3 Å². The molecule has 5 nitrogen and oxygen atoms in total. The summed E-state index contributed by atoms with van der Waals surface area (Å²) in [6.07, 6.45) is 2.27. The smallest absolute Gasteiger partial charge is 0.239 e. The highest BCUT2D eigenvalue weighted by Gasteiger charge is 2.23. The molecule has 2 rings (SSSR count). The van der Waals surface area contributed by atoms with E-state index in [0.29, 0.717) is 24.2 Å². The number of nitrogens with zero attached hydrogens (tertiary/aromatic N) is 3. The monoisotopic (exact) mass is 278 g/mol. The van der Waals surface area contributed by atoms with Crippen LogP contribution in [0.5, 0.6) is 5.88 Å². The van der Waals surface area contributed by atoms with E-state index < -0.39 is 0 Å². The third-order valence-corrected chi connectivity index (χ3v) is 3.82. The highest BCUT2D eigenvalue weighted by Crippen LogP contribution is 2.26. The molecule has 2 N–H and O–H groups in total. The molecule has 1 aromatic heterocycles. The SMILES string of the molecule is CCOc1nc(N2CCCN(C)CC2CC)ccc1N. The summed E-state index contributed by atoms with van der Waals surface area (Å²) in [5, 5.41) is 0. The zero-order valence-corrected chi connectivity index (χ0v) is 12.8. The fourth-order valence-corrected chi connectivity index (χ4v) is 2.75. The Morgan fingerprint density at radius 1 is 1.35 bits per heavy atom. The number of likely N-dealkylation sites (N-methyl/N-ethyl adjacent to an activating group) is 1. The molecule has 1 aliphatic heterocycles. The van der Waals surface area contributed by atoms with Crippen LogP contribution in [0.4, 0.5) is 11.5 Å². The van der Waals surface area contributed by atoms with Crippen LogP contribution >= 0.6 is 0 Å². The van der Waals surface area contributed by atoms with E-state index in [1.807, 2.05) is 19.1 Å². The minimum absolute atomic E-state index is 0.494. The minimum atomic E-state index is 0.494. The van der Waals surface area contributed by atoms with Gasteiger partial charge in [0.25, 0.3) is 0 Å². The lowest BCUT2D eigenvalue weighted by molar-refractivity contribution is 0.324. The number of aromatic nitrogens is 1. The van der Waals surface area contributed by atoms with Crippen molar-refractivity contribution in [2.45, 2.75) is 32.7 Å². The molecular formula is C15H26N4O. The van der Waals surface area contributed by atoms with Crippen LogP contribution in [0.2, 0.25) is 0 Å². The van der Waals surface area contributed by atoms with Gasteiger partial charge in [-0.2, -0.15) is 4.98 Å². The van der Waals surface area contributed by atoms with E-state index in [2.05, 4.69) is 28.8 Å². The lowest BCUT2D eigenvalue weighted by atomic mass is 10.2. The van der Waals surface area contributed by atoms with Gasteiger partial charge in [-0.15, -0.1) is 0 Å². The number of rotatable bonds is 4. The van der Waals surface area contributed by atoms with Crippen LogP contribution < -0.4 is 15.4 Å². The van der Waals surface area contributed by atoms with Crippen LogP contribution in [0.25, 0.3) is 0 Å². The lowest BCUT2D eigenvalue weighted by Crippen LogP contribution is -2.40.